The molecule has 3 N–H and O–H groups in total. The van der Waals surface area contributed by atoms with Gasteiger partial charge in [-0.3, -0.25) is 4.79 Å². The summed E-state index contributed by atoms with van der Waals surface area (Å²) < 4.78 is 0. The van der Waals surface area contributed by atoms with Gasteiger partial charge in [-0.2, -0.15) is 0 Å². The van der Waals surface area contributed by atoms with Crippen LogP contribution in [0.25, 0.3) is 0 Å². The van der Waals surface area contributed by atoms with Crippen molar-refractivity contribution in [2.45, 2.75) is 27.2 Å². The highest BCUT2D eigenvalue weighted by atomic mass is 16.2. The van der Waals surface area contributed by atoms with Crippen LogP contribution in [0, 0.1) is 0 Å². The maximum atomic E-state index is 12.2. The molecule has 17 heavy (non-hydrogen) atoms. The second kappa shape index (κ2) is 6.20. The quantitative estimate of drug-likeness (QED) is 0.599. The predicted octanol–water partition coefficient (Wildman–Crippen LogP) is 1.41. The van der Waals surface area contributed by atoms with E-state index in [9.17, 15) is 4.79 Å². The fourth-order valence-corrected chi connectivity index (χ4v) is 1.66. The van der Waals surface area contributed by atoms with Crippen molar-refractivity contribution in [1.82, 2.24) is 9.88 Å². The zero-order valence-corrected chi connectivity index (χ0v) is 10.7. The molecule has 0 fully saturated rings. The molecule has 0 saturated carbocycles. The number of amides is 1. The molecule has 0 aliphatic carbocycles. The first-order valence-electron chi connectivity index (χ1n) is 5.93. The summed E-state index contributed by atoms with van der Waals surface area (Å²) in [5.41, 5.74) is 3.98. The topological polar surface area (TPSA) is 71.2 Å². The van der Waals surface area contributed by atoms with Gasteiger partial charge >= 0.3 is 0 Å². The van der Waals surface area contributed by atoms with Crippen LogP contribution < -0.4 is 11.3 Å². The average Bonchev–Trinajstić information content (AvgIpc) is 2.39. The monoisotopic (exact) mass is 236 g/mol. The van der Waals surface area contributed by atoms with Crippen molar-refractivity contribution in [3.05, 3.63) is 23.4 Å². The summed E-state index contributed by atoms with van der Waals surface area (Å²) in [7, 11) is 0. The lowest BCUT2D eigenvalue weighted by atomic mass is 10.1. The highest BCUT2D eigenvalue weighted by Gasteiger charge is 2.14. The normalized spacial score (nSPS) is 10.1. The summed E-state index contributed by atoms with van der Waals surface area (Å²) in [5.74, 6) is 5.89. The minimum Gasteiger partial charge on any atom is -0.339 e. The van der Waals surface area contributed by atoms with E-state index in [1.165, 1.54) is 0 Å². The summed E-state index contributed by atoms with van der Waals surface area (Å²) >= 11 is 0. The molecule has 1 aromatic heterocycles. The van der Waals surface area contributed by atoms with E-state index in [1.54, 1.807) is 11.0 Å². The second-order valence-corrected chi connectivity index (χ2v) is 3.71. The molecule has 0 aromatic carbocycles. The predicted molar refractivity (Wildman–Crippen MR) is 68.7 cm³/mol. The van der Waals surface area contributed by atoms with E-state index in [4.69, 9.17) is 5.84 Å². The Morgan fingerprint density at radius 2 is 2.00 bits per heavy atom. The van der Waals surface area contributed by atoms with Gasteiger partial charge in [-0.25, -0.2) is 10.8 Å². The summed E-state index contributed by atoms with van der Waals surface area (Å²) in [6.07, 6.45) is 0.772. The van der Waals surface area contributed by atoms with Crippen LogP contribution in [0.1, 0.15) is 36.8 Å². The number of hydrogen-bond donors (Lipinski definition) is 2. The van der Waals surface area contributed by atoms with Crippen molar-refractivity contribution in [3.8, 4) is 0 Å². The number of hydrazine groups is 1. The second-order valence-electron chi connectivity index (χ2n) is 3.71. The van der Waals surface area contributed by atoms with Crippen LogP contribution in [0.5, 0.6) is 0 Å². The van der Waals surface area contributed by atoms with Crippen LogP contribution in [0.3, 0.4) is 0 Å². The van der Waals surface area contributed by atoms with E-state index in [2.05, 4.69) is 10.4 Å². The van der Waals surface area contributed by atoms with Gasteiger partial charge in [0.15, 0.2) is 0 Å². The highest BCUT2D eigenvalue weighted by Crippen LogP contribution is 2.12. The Kier molecular flexibility index (Phi) is 4.90. The van der Waals surface area contributed by atoms with Gasteiger partial charge in [0, 0.05) is 24.3 Å². The summed E-state index contributed by atoms with van der Waals surface area (Å²) in [4.78, 5) is 18.2. The molecule has 1 heterocycles. The van der Waals surface area contributed by atoms with Crippen molar-refractivity contribution in [3.63, 3.8) is 0 Å². The molecule has 0 spiro atoms. The van der Waals surface area contributed by atoms with E-state index in [1.807, 2.05) is 26.8 Å². The molecule has 0 atom stereocenters. The van der Waals surface area contributed by atoms with Crippen LogP contribution >= 0.6 is 0 Å². The Balaban J connectivity index is 3.07. The third-order valence-corrected chi connectivity index (χ3v) is 2.69. The number of hydrogen-bond acceptors (Lipinski definition) is 4. The minimum atomic E-state index is 0.0172. The molecule has 0 radical (unpaired) electrons. The number of rotatable bonds is 5. The first-order valence-corrected chi connectivity index (χ1v) is 5.93. The molecule has 0 bridgehead atoms. The van der Waals surface area contributed by atoms with Gasteiger partial charge in [0.25, 0.3) is 5.91 Å². The van der Waals surface area contributed by atoms with Gasteiger partial charge in [-0.05, 0) is 32.4 Å². The first kappa shape index (κ1) is 13.4. The maximum Gasteiger partial charge on any atom is 0.254 e. The number of nitrogens with two attached hydrogens (primary N) is 1. The lowest BCUT2D eigenvalue weighted by Gasteiger charge is -2.19. The van der Waals surface area contributed by atoms with E-state index in [0.717, 1.165) is 12.1 Å². The lowest BCUT2D eigenvalue weighted by Crippen LogP contribution is -2.30. The van der Waals surface area contributed by atoms with E-state index < -0.39 is 0 Å². The van der Waals surface area contributed by atoms with Crippen LogP contribution in [0.15, 0.2) is 12.1 Å². The standard InChI is InChI=1S/C12H20N4O/c1-4-10-7-9(8-11(14-10)15-13)12(17)16(5-2)6-3/h7-8H,4-6,13H2,1-3H3,(H,14,15). The Bertz CT molecular complexity index is 366. The largest absolute Gasteiger partial charge is 0.339 e. The van der Waals surface area contributed by atoms with Gasteiger partial charge in [-0.1, -0.05) is 6.92 Å². The smallest absolute Gasteiger partial charge is 0.254 e. The maximum absolute atomic E-state index is 12.2. The molecule has 94 valence electrons. The SMILES string of the molecule is CCc1cc(C(=O)N(CC)CC)cc(NN)n1. The average molecular weight is 236 g/mol. The molecule has 0 unspecified atom stereocenters. The van der Waals surface area contributed by atoms with Crippen LogP contribution in [-0.2, 0) is 6.42 Å². The highest BCUT2D eigenvalue weighted by molar-refractivity contribution is 5.95. The Hall–Kier alpha value is -1.62. The molecule has 0 aliphatic heterocycles. The van der Waals surface area contributed by atoms with E-state index in [-0.39, 0.29) is 5.91 Å². The molecule has 1 rings (SSSR count). The summed E-state index contributed by atoms with van der Waals surface area (Å²) in [6.45, 7) is 7.32. The van der Waals surface area contributed by atoms with E-state index in [0.29, 0.717) is 24.5 Å². The molecule has 1 amide bonds. The third kappa shape index (κ3) is 3.17. The molecular weight excluding hydrogens is 216 g/mol. The number of carbonyl (C=O) groups is 1. The van der Waals surface area contributed by atoms with Crippen molar-refractivity contribution >= 4 is 11.7 Å². The summed E-state index contributed by atoms with van der Waals surface area (Å²) in [5, 5.41) is 0. The van der Waals surface area contributed by atoms with E-state index >= 15 is 0 Å². The Labute approximate surface area is 102 Å². The fraction of sp³-hybridized carbons (Fsp3) is 0.500. The fourth-order valence-electron chi connectivity index (χ4n) is 1.66. The number of pyridine rings is 1. The van der Waals surface area contributed by atoms with Crippen LogP contribution in [0.2, 0.25) is 0 Å². The molecule has 1 aromatic rings. The number of carbonyl (C=O) groups excluding carboxylic acids is 1. The zero-order chi connectivity index (χ0) is 12.8. The molecule has 0 aliphatic rings. The van der Waals surface area contributed by atoms with Crippen molar-refractivity contribution in [2.24, 2.45) is 5.84 Å². The van der Waals surface area contributed by atoms with Crippen molar-refractivity contribution < 1.29 is 4.79 Å². The van der Waals surface area contributed by atoms with Crippen molar-refractivity contribution in [2.75, 3.05) is 18.5 Å². The molecule has 5 nitrogen and oxygen atoms in total. The Morgan fingerprint density at radius 3 is 2.47 bits per heavy atom. The number of nitrogens with zero attached hydrogens (tertiary/aromatic N) is 2. The zero-order valence-electron chi connectivity index (χ0n) is 10.7. The van der Waals surface area contributed by atoms with Crippen LogP contribution in [0.4, 0.5) is 5.82 Å². The lowest BCUT2D eigenvalue weighted by molar-refractivity contribution is 0.0773. The van der Waals surface area contributed by atoms with Crippen molar-refractivity contribution in [1.29, 1.82) is 0 Å². The number of anilines is 1. The van der Waals surface area contributed by atoms with Gasteiger partial charge < -0.3 is 10.3 Å². The molecular formula is C12H20N4O. The van der Waals surface area contributed by atoms with Gasteiger partial charge in [0.1, 0.15) is 5.82 Å². The molecule has 5 heteroatoms. The van der Waals surface area contributed by atoms with Crippen LogP contribution in [-0.4, -0.2) is 28.9 Å². The number of nitrogens with one attached hydrogen (secondary N) is 1. The van der Waals surface area contributed by atoms with Gasteiger partial charge in [0.05, 0.1) is 0 Å². The number of nitrogen functional groups attached to an aromatic ring is 1. The number of aromatic nitrogens is 1. The Morgan fingerprint density at radius 1 is 1.35 bits per heavy atom. The third-order valence-electron chi connectivity index (χ3n) is 2.69. The number of aryl methyl sites for hydroxylation is 1. The van der Waals surface area contributed by atoms with Gasteiger partial charge in [0.2, 0.25) is 0 Å². The first-order chi connectivity index (χ1) is 8.15. The minimum absolute atomic E-state index is 0.0172. The summed E-state index contributed by atoms with van der Waals surface area (Å²) in [6, 6.07) is 3.50. The van der Waals surface area contributed by atoms with Gasteiger partial charge in [-0.15, -0.1) is 0 Å². The molecule has 0 saturated heterocycles.